The third kappa shape index (κ3) is 2.36. The van der Waals surface area contributed by atoms with E-state index < -0.39 is 0 Å². The minimum absolute atomic E-state index is 0.323. The van der Waals surface area contributed by atoms with Crippen molar-refractivity contribution in [2.24, 2.45) is 11.3 Å². The molecular formula is C11H22. The predicted octanol–water partition coefficient (Wildman–Crippen LogP) is 4.02. The highest BCUT2D eigenvalue weighted by Crippen LogP contribution is 2.37. The molecule has 0 aromatic heterocycles. The fraction of sp³-hybridized carbons (Fsp3) is 0.818. The summed E-state index contributed by atoms with van der Waals surface area (Å²) in [5.41, 5.74) is 1.63. The first-order valence-electron chi connectivity index (χ1n) is 4.62. The lowest BCUT2D eigenvalue weighted by molar-refractivity contribution is 0.249. The van der Waals surface area contributed by atoms with Crippen molar-refractivity contribution >= 4 is 0 Å². The summed E-state index contributed by atoms with van der Waals surface area (Å²) >= 11 is 0. The predicted molar refractivity (Wildman–Crippen MR) is 52.7 cm³/mol. The molecule has 0 aromatic carbocycles. The van der Waals surface area contributed by atoms with Crippen molar-refractivity contribution in [1.29, 1.82) is 0 Å². The smallest absolute Gasteiger partial charge is 0.0122 e. The summed E-state index contributed by atoms with van der Waals surface area (Å²) in [7, 11) is 0. The Balaban J connectivity index is 4.36. The van der Waals surface area contributed by atoms with E-state index in [-0.39, 0.29) is 0 Å². The zero-order valence-electron chi connectivity index (χ0n) is 8.70. The molecule has 0 saturated heterocycles. The molecule has 0 heteroatoms. The zero-order chi connectivity index (χ0) is 9.07. The van der Waals surface area contributed by atoms with Gasteiger partial charge in [-0.1, -0.05) is 52.7 Å². The van der Waals surface area contributed by atoms with Crippen LogP contribution in [-0.2, 0) is 0 Å². The summed E-state index contributed by atoms with van der Waals surface area (Å²) in [6.45, 7) is 15.3. The van der Waals surface area contributed by atoms with Crippen molar-refractivity contribution in [3.05, 3.63) is 12.2 Å². The van der Waals surface area contributed by atoms with Gasteiger partial charge in [-0.25, -0.2) is 0 Å². The summed E-state index contributed by atoms with van der Waals surface area (Å²) in [6, 6.07) is 0. The van der Waals surface area contributed by atoms with Gasteiger partial charge in [-0.05, 0) is 18.3 Å². The summed E-state index contributed by atoms with van der Waals surface area (Å²) in [5.74, 6) is 0.792. The molecule has 0 amide bonds. The van der Waals surface area contributed by atoms with Crippen LogP contribution in [0.4, 0.5) is 0 Å². The van der Waals surface area contributed by atoms with Gasteiger partial charge in [0, 0.05) is 0 Å². The van der Waals surface area contributed by atoms with Crippen LogP contribution in [0.15, 0.2) is 12.2 Å². The highest BCUT2D eigenvalue weighted by molar-refractivity contribution is 5.05. The molecule has 0 nitrogen and oxygen atoms in total. The van der Waals surface area contributed by atoms with E-state index in [0.717, 1.165) is 5.92 Å². The van der Waals surface area contributed by atoms with E-state index in [4.69, 9.17) is 0 Å². The zero-order valence-corrected chi connectivity index (χ0v) is 8.70. The molecule has 0 aromatic rings. The first-order valence-corrected chi connectivity index (χ1v) is 4.62. The average molecular weight is 154 g/mol. The van der Waals surface area contributed by atoms with Gasteiger partial charge in [0.25, 0.3) is 0 Å². The van der Waals surface area contributed by atoms with Crippen LogP contribution in [0.3, 0.4) is 0 Å². The van der Waals surface area contributed by atoms with Crippen LogP contribution in [-0.4, -0.2) is 0 Å². The quantitative estimate of drug-likeness (QED) is 0.536. The van der Waals surface area contributed by atoms with Gasteiger partial charge < -0.3 is 0 Å². The summed E-state index contributed by atoms with van der Waals surface area (Å²) in [4.78, 5) is 0. The Kier molecular flexibility index (Phi) is 3.85. The normalized spacial score (nSPS) is 12.2. The van der Waals surface area contributed by atoms with Crippen molar-refractivity contribution in [3.63, 3.8) is 0 Å². The number of hydrogen-bond donors (Lipinski definition) is 0. The number of hydrogen-bond acceptors (Lipinski definition) is 0. The van der Waals surface area contributed by atoms with Gasteiger partial charge in [0.05, 0.1) is 0 Å². The van der Waals surface area contributed by atoms with Gasteiger partial charge in [0.1, 0.15) is 0 Å². The van der Waals surface area contributed by atoms with E-state index in [1.54, 1.807) is 0 Å². The lowest BCUT2D eigenvalue weighted by atomic mass is 9.72. The molecule has 11 heavy (non-hydrogen) atoms. The first kappa shape index (κ1) is 10.7. The molecule has 0 N–H and O–H groups in total. The molecule has 0 saturated carbocycles. The molecule has 0 bridgehead atoms. The largest absolute Gasteiger partial charge is 0.0996 e. The summed E-state index contributed by atoms with van der Waals surface area (Å²) in [5, 5.41) is 0. The van der Waals surface area contributed by atoms with Crippen molar-refractivity contribution in [2.45, 2.75) is 47.5 Å². The van der Waals surface area contributed by atoms with Gasteiger partial charge in [0.15, 0.2) is 0 Å². The fourth-order valence-corrected chi connectivity index (χ4v) is 1.66. The standard InChI is InChI=1S/C11H22/c1-7-10(8-2)11(5,6)9(3)4/h10H,3,7-8H2,1-2,4-6H3. The molecule has 0 spiro atoms. The van der Waals surface area contributed by atoms with Gasteiger partial charge >= 0.3 is 0 Å². The van der Waals surface area contributed by atoms with Crippen LogP contribution in [0.1, 0.15) is 47.5 Å². The van der Waals surface area contributed by atoms with Gasteiger partial charge in [0.2, 0.25) is 0 Å². The molecule has 0 aliphatic heterocycles. The monoisotopic (exact) mass is 154 g/mol. The fourth-order valence-electron chi connectivity index (χ4n) is 1.66. The molecule has 0 fully saturated rings. The molecule has 66 valence electrons. The van der Waals surface area contributed by atoms with E-state index in [1.165, 1.54) is 18.4 Å². The first-order chi connectivity index (χ1) is 4.96. The SMILES string of the molecule is C=C(C)C(C)(C)C(CC)CC. The third-order valence-corrected chi connectivity index (χ3v) is 3.11. The van der Waals surface area contributed by atoms with Crippen LogP contribution in [0.2, 0.25) is 0 Å². The minimum Gasteiger partial charge on any atom is -0.0996 e. The van der Waals surface area contributed by atoms with Gasteiger partial charge in [-0.15, -0.1) is 0 Å². The Labute approximate surface area is 71.7 Å². The Hall–Kier alpha value is -0.260. The van der Waals surface area contributed by atoms with Crippen LogP contribution in [0, 0.1) is 11.3 Å². The number of rotatable bonds is 4. The van der Waals surface area contributed by atoms with E-state index in [9.17, 15) is 0 Å². The molecule has 0 aliphatic rings. The number of allylic oxidation sites excluding steroid dienone is 1. The third-order valence-electron chi connectivity index (χ3n) is 3.11. The van der Waals surface area contributed by atoms with E-state index in [1.807, 2.05) is 0 Å². The van der Waals surface area contributed by atoms with Crippen LogP contribution in [0.25, 0.3) is 0 Å². The highest BCUT2D eigenvalue weighted by Gasteiger charge is 2.26. The second kappa shape index (κ2) is 3.94. The van der Waals surface area contributed by atoms with Gasteiger partial charge in [-0.3, -0.25) is 0 Å². The van der Waals surface area contributed by atoms with Crippen LogP contribution >= 0.6 is 0 Å². The maximum atomic E-state index is 4.04. The highest BCUT2D eigenvalue weighted by atomic mass is 14.3. The Morgan fingerprint density at radius 2 is 1.64 bits per heavy atom. The Bertz CT molecular complexity index is 127. The average Bonchev–Trinajstić information content (AvgIpc) is 1.89. The van der Waals surface area contributed by atoms with E-state index in [0.29, 0.717) is 5.41 Å². The Morgan fingerprint density at radius 1 is 1.27 bits per heavy atom. The van der Waals surface area contributed by atoms with Crippen LogP contribution < -0.4 is 0 Å². The molecule has 0 atom stereocenters. The van der Waals surface area contributed by atoms with E-state index in [2.05, 4.69) is 41.2 Å². The molecular weight excluding hydrogens is 132 g/mol. The maximum absolute atomic E-state index is 4.04. The van der Waals surface area contributed by atoms with Crippen molar-refractivity contribution in [1.82, 2.24) is 0 Å². The summed E-state index contributed by atoms with van der Waals surface area (Å²) in [6.07, 6.45) is 2.52. The maximum Gasteiger partial charge on any atom is -0.0122 e. The van der Waals surface area contributed by atoms with Crippen molar-refractivity contribution in [3.8, 4) is 0 Å². The second-order valence-electron chi connectivity index (χ2n) is 4.02. The summed E-state index contributed by atoms with van der Waals surface area (Å²) < 4.78 is 0. The van der Waals surface area contributed by atoms with Crippen molar-refractivity contribution in [2.75, 3.05) is 0 Å². The molecule has 0 heterocycles. The molecule has 0 unspecified atom stereocenters. The second-order valence-corrected chi connectivity index (χ2v) is 4.02. The van der Waals surface area contributed by atoms with Crippen molar-refractivity contribution < 1.29 is 0 Å². The molecule has 0 radical (unpaired) electrons. The van der Waals surface area contributed by atoms with E-state index >= 15 is 0 Å². The molecule has 0 aliphatic carbocycles. The topological polar surface area (TPSA) is 0 Å². The molecule has 0 rings (SSSR count). The van der Waals surface area contributed by atoms with Crippen LogP contribution in [0.5, 0.6) is 0 Å². The van der Waals surface area contributed by atoms with Gasteiger partial charge in [-0.2, -0.15) is 0 Å². The Morgan fingerprint density at radius 3 is 1.73 bits per heavy atom. The minimum atomic E-state index is 0.323. The lowest BCUT2D eigenvalue weighted by Gasteiger charge is -2.33. The lowest BCUT2D eigenvalue weighted by Crippen LogP contribution is -2.23.